The predicted octanol–water partition coefficient (Wildman–Crippen LogP) is 2.00. The predicted molar refractivity (Wildman–Crippen MR) is 121 cm³/mol. The first-order valence-corrected chi connectivity index (χ1v) is 11.1. The maximum absolute atomic E-state index is 10.6. The number of aromatic hydroxyl groups is 1. The number of nitrogens with two attached hydrogens (primary N) is 1. The summed E-state index contributed by atoms with van der Waals surface area (Å²) in [5.41, 5.74) is 8.10. The molecule has 1 fully saturated rings. The Morgan fingerprint density at radius 2 is 1.97 bits per heavy atom. The van der Waals surface area contributed by atoms with E-state index in [9.17, 15) is 15.3 Å². The number of phenols is 1. The van der Waals surface area contributed by atoms with Gasteiger partial charge in [0.25, 0.3) is 0 Å². The highest BCUT2D eigenvalue weighted by Gasteiger charge is 2.38. The molecule has 32 heavy (non-hydrogen) atoms. The highest BCUT2D eigenvalue weighted by Crippen LogP contribution is 2.41. The molecular formula is C21H22N6O4S. The summed E-state index contributed by atoms with van der Waals surface area (Å²) in [6.07, 6.45) is 0.390. The molecule has 11 heteroatoms. The van der Waals surface area contributed by atoms with Crippen molar-refractivity contribution >= 4 is 34.7 Å². The quantitative estimate of drug-likeness (QED) is 0.292. The van der Waals surface area contributed by atoms with Crippen LogP contribution in [-0.2, 0) is 6.42 Å². The summed E-state index contributed by atoms with van der Waals surface area (Å²) >= 11 is 1.41. The number of fused-ring (bicyclic) bond motifs is 1. The zero-order valence-electron chi connectivity index (χ0n) is 16.9. The number of furan rings is 1. The number of hydrogen-bond donors (Lipinski definition) is 5. The van der Waals surface area contributed by atoms with Crippen molar-refractivity contribution in [2.24, 2.45) is 0 Å². The van der Waals surface area contributed by atoms with Gasteiger partial charge in [-0.15, -0.1) is 11.8 Å². The van der Waals surface area contributed by atoms with Crippen LogP contribution in [0.2, 0.25) is 0 Å². The van der Waals surface area contributed by atoms with E-state index in [0.29, 0.717) is 47.4 Å². The van der Waals surface area contributed by atoms with Crippen LogP contribution in [-0.4, -0.2) is 59.3 Å². The molecule has 0 amide bonds. The molecule has 1 aromatic carbocycles. The minimum absolute atomic E-state index is 0.201. The van der Waals surface area contributed by atoms with Crippen LogP contribution < -0.4 is 11.1 Å². The molecule has 4 heterocycles. The number of anilines is 2. The molecule has 5 rings (SSSR count). The smallest absolute Gasteiger partial charge is 0.226 e. The number of nitrogens with one attached hydrogen (secondary N) is 1. The van der Waals surface area contributed by atoms with Crippen LogP contribution in [0, 0.1) is 0 Å². The molecule has 0 unspecified atom stereocenters. The molecule has 0 spiro atoms. The van der Waals surface area contributed by atoms with Crippen LogP contribution in [0.4, 0.5) is 11.8 Å². The second kappa shape index (κ2) is 8.34. The Morgan fingerprint density at radius 3 is 2.66 bits per heavy atom. The zero-order valence-corrected chi connectivity index (χ0v) is 17.7. The number of aromatic nitrogens is 4. The second-order valence-corrected chi connectivity index (χ2v) is 8.66. The first-order valence-electron chi connectivity index (χ1n) is 10.1. The first-order chi connectivity index (χ1) is 15.5. The van der Waals surface area contributed by atoms with E-state index in [1.54, 1.807) is 28.8 Å². The molecule has 3 atom stereocenters. The fourth-order valence-electron chi connectivity index (χ4n) is 3.69. The third-order valence-electron chi connectivity index (χ3n) is 5.32. The Labute approximate surface area is 187 Å². The number of hydrogen-bond acceptors (Lipinski definition) is 10. The zero-order chi connectivity index (χ0) is 22.2. The van der Waals surface area contributed by atoms with E-state index in [1.165, 1.54) is 18.0 Å². The van der Waals surface area contributed by atoms with Crippen molar-refractivity contribution in [3.63, 3.8) is 0 Å². The molecule has 3 aromatic heterocycles. The number of imidazole rings is 1. The third-order valence-corrected chi connectivity index (χ3v) is 6.69. The Balaban J connectivity index is 1.50. The summed E-state index contributed by atoms with van der Waals surface area (Å²) in [4.78, 5) is 13.6. The lowest BCUT2D eigenvalue weighted by Crippen LogP contribution is -2.28. The van der Waals surface area contributed by atoms with Gasteiger partial charge in [0.15, 0.2) is 28.6 Å². The van der Waals surface area contributed by atoms with E-state index in [-0.39, 0.29) is 11.6 Å². The normalized spacial score (nSPS) is 20.8. The van der Waals surface area contributed by atoms with Crippen LogP contribution in [0.1, 0.15) is 10.9 Å². The van der Waals surface area contributed by atoms with Crippen molar-refractivity contribution in [2.45, 2.75) is 24.0 Å². The van der Waals surface area contributed by atoms with E-state index in [0.717, 1.165) is 5.56 Å². The van der Waals surface area contributed by atoms with Crippen molar-refractivity contribution < 1.29 is 19.7 Å². The van der Waals surface area contributed by atoms with Crippen LogP contribution >= 0.6 is 11.8 Å². The lowest BCUT2D eigenvalue weighted by atomic mass is 10.1. The van der Waals surface area contributed by atoms with E-state index in [4.69, 9.17) is 10.2 Å². The van der Waals surface area contributed by atoms with Gasteiger partial charge in [0.1, 0.15) is 17.2 Å². The lowest BCUT2D eigenvalue weighted by molar-refractivity contribution is 0.0316. The molecule has 1 saturated heterocycles. The molecule has 6 N–H and O–H groups in total. The topological polar surface area (TPSA) is 155 Å². The van der Waals surface area contributed by atoms with E-state index >= 15 is 0 Å². The van der Waals surface area contributed by atoms with Gasteiger partial charge in [0.05, 0.1) is 12.4 Å². The fraction of sp³-hybridized carbons (Fsp3) is 0.286. The van der Waals surface area contributed by atoms with Gasteiger partial charge in [0, 0.05) is 12.3 Å². The fourth-order valence-corrected chi connectivity index (χ4v) is 5.01. The molecule has 1 aliphatic rings. The Hall–Kier alpha value is -3.28. The molecule has 1 aliphatic heterocycles. The number of aliphatic hydroxyl groups is 2. The second-order valence-electron chi connectivity index (χ2n) is 7.51. The lowest BCUT2D eigenvalue weighted by Gasteiger charge is -2.19. The van der Waals surface area contributed by atoms with Crippen molar-refractivity contribution in [2.75, 3.05) is 23.3 Å². The van der Waals surface area contributed by atoms with Gasteiger partial charge in [-0.05, 0) is 36.2 Å². The number of benzene rings is 1. The molecule has 0 radical (unpaired) electrons. The van der Waals surface area contributed by atoms with Crippen molar-refractivity contribution in [1.82, 2.24) is 19.5 Å². The molecular weight excluding hydrogens is 432 g/mol. The Morgan fingerprint density at radius 1 is 1.16 bits per heavy atom. The highest BCUT2D eigenvalue weighted by molar-refractivity contribution is 7.99. The van der Waals surface area contributed by atoms with Crippen molar-refractivity contribution in [3.8, 4) is 17.3 Å². The molecule has 4 aromatic rings. The highest BCUT2D eigenvalue weighted by atomic mass is 32.2. The van der Waals surface area contributed by atoms with Gasteiger partial charge in [-0.3, -0.25) is 4.57 Å². The van der Waals surface area contributed by atoms with Gasteiger partial charge in [0.2, 0.25) is 5.95 Å². The summed E-state index contributed by atoms with van der Waals surface area (Å²) in [5.74, 6) is 2.10. The minimum atomic E-state index is -0.992. The number of rotatable bonds is 6. The maximum atomic E-state index is 10.6. The number of phenolic OH excluding ortho intramolecular Hbond substituents is 1. The van der Waals surface area contributed by atoms with Crippen LogP contribution in [0.5, 0.6) is 5.75 Å². The summed E-state index contributed by atoms with van der Waals surface area (Å²) in [7, 11) is 0. The Kier molecular flexibility index (Phi) is 5.37. The van der Waals surface area contributed by atoms with E-state index < -0.39 is 17.6 Å². The van der Waals surface area contributed by atoms with Crippen LogP contribution in [0.25, 0.3) is 22.7 Å². The van der Waals surface area contributed by atoms with Crippen LogP contribution in [0.3, 0.4) is 0 Å². The first kappa shape index (κ1) is 20.6. The average Bonchev–Trinajstić information content (AvgIpc) is 3.50. The van der Waals surface area contributed by atoms with Crippen LogP contribution in [0.15, 0.2) is 47.1 Å². The van der Waals surface area contributed by atoms with E-state index in [2.05, 4.69) is 20.3 Å². The van der Waals surface area contributed by atoms with Gasteiger partial charge in [-0.2, -0.15) is 9.97 Å². The Bertz CT molecular complexity index is 1230. The number of nitrogen functional groups attached to an aromatic ring is 1. The number of aliphatic hydroxyl groups excluding tert-OH is 2. The molecule has 0 bridgehead atoms. The van der Waals surface area contributed by atoms with Gasteiger partial charge in [-0.1, -0.05) is 12.1 Å². The third kappa shape index (κ3) is 3.74. The SMILES string of the molecule is Nc1nc(NCCc2ccc(O)cc2)nc2c1nc(-c1ccco1)n2[C@@H]1SC[C@@H](O)[C@H]1O. The summed E-state index contributed by atoms with van der Waals surface area (Å²) in [6, 6.07) is 10.5. The average molecular weight is 455 g/mol. The minimum Gasteiger partial charge on any atom is -0.508 e. The number of nitrogens with zero attached hydrogens (tertiary/aromatic N) is 4. The summed E-state index contributed by atoms with van der Waals surface area (Å²) in [5, 5.41) is 32.8. The monoisotopic (exact) mass is 454 g/mol. The van der Waals surface area contributed by atoms with Gasteiger partial charge < -0.3 is 30.8 Å². The maximum Gasteiger partial charge on any atom is 0.226 e. The molecule has 0 saturated carbocycles. The largest absolute Gasteiger partial charge is 0.508 e. The molecule has 0 aliphatic carbocycles. The van der Waals surface area contributed by atoms with Gasteiger partial charge >= 0.3 is 0 Å². The van der Waals surface area contributed by atoms with Gasteiger partial charge in [-0.25, -0.2) is 4.98 Å². The number of thioether (sulfide) groups is 1. The standard InChI is InChI=1S/C21H22N6O4S/c22-17-15-19(26-21(25-17)23-8-7-11-3-5-12(28)6-4-11)27(20-16(30)13(29)10-32-20)18(24-15)14-2-1-9-31-14/h1-6,9,13,16,20,28-30H,7-8,10H2,(H3,22,23,25,26)/t13-,16-,20-/m1/s1. The van der Waals surface area contributed by atoms with Crippen molar-refractivity contribution in [3.05, 3.63) is 48.2 Å². The summed E-state index contributed by atoms with van der Waals surface area (Å²) in [6.45, 7) is 0.550. The van der Waals surface area contributed by atoms with E-state index in [1.807, 2.05) is 12.1 Å². The molecule has 10 nitrogen and oxygen atoms in total. The molecule has 166 valence electrons. The summed E-state index contributed by atoms with van der Waals surface area (Å²) < 4.78 is 7.30. The van der Waals surface area contributed by atoms with Crippen molar-refractivity contribution in [1.29, 1.82) is 0 Å².